The second-order valence-electron chi connectivity index (χ2n) is 5.43. The zero-order valence-electron chi connectivity index (χ0n) is 12.2. The van der Waals surface area contributed by atoms with Crippen molar-refractivity contribution in [3.8, 4) is 0 Å². The number of aromatic nitrogens is 1. The third-order valence-electron chi connectivity index (χ3n) is 3.62. The van der Waals surface area contributed by atoms with Crippen molar-refractivity contribution < 1.29 is 0 Å². The van der Waals surface area contributed by atoms with Gasteiger partial charge >= 0.3 is 0 Å². The number of nitrogens with one attached hydrogen (secondary N) is 1. The van der Waals surface area contributed by atoms with Crippen LogP contribution in [-0.4, -0.2) is 41.0 Å². The molecule has 1 aliphatic rings. The molecule has 0 spiro atoms. The molecule has 2 rings (SSSR count). The highest BCUT2D eigenvalue weighted by Gasteiger charge is 2.20. The fraction of sp³-hybridized carbons (Fsp3) is 0.786. The van der Waals surface area contributed by atoms with Crippen LogP contribution in [0, 0.1) is 0 Å². The molecule has 1 fully saturated rings. The fourth-order valence-corrected chi connectivity index (χ4v) is 3.25. The van der Waals surface area contributed by atoms with E-state index in [1.54, 1.807) is 11.3 Å². The molecule has 1 atom stereocenters. The molecule has 1 heterocycles. The van der Waals surface area contributed by atoms with Gasteiger partial charge in [0.15, 0.2) is 0 Å². The van der Waals surface area contributed by atoms with Crippen LogP contribution >= 0.6 is 23.1 Å². The van der Waals surface area contributed by atoms with E-state index in [0.717, 1.165) is 19.1 Å². The van der Waals surface area contributed by atoms with E-state index in [0.29, 0.717) is 6.04 Å². The van der Waals surface area contributed by atoms with E-state index in [4.69, 9.17) is 4.98 Å². The lowest BCUT2D eigenvalue weighted by Gasteiger charge is -2.23. The van der Waals surface area contributed by atoms with Crippen molar-refractivity contribution in [2.75, 3.05) is 19.1 Å². The summed E-state index contributed by atoms with van der Waals surface area (Å²) in [4.78, 5) is 7.13. The fourth-order valence-electron chi connectivity index (χ4n) is 1.94. The van der Waals surface area contributed by atoms with Crippen LogP contribution in [-0.2, 0) is 13.1 Å². The quantitative estimate of drug-likeness (QED) is 0.759. The van der Waals surface area contributed by atoms with Crippen LogP contribution in [0.2, 0.25) is 0 Å². The van der Waals surface area contributed by atoms with E-state index in [2.05, 4.69) is 35.8 Å². The lowest BCUT2D eigenvalue weighted by atomic mass is 10.2. The Morgan fingerprint density at radius 2 is 2.37 bits per heavy atom. The van der Waals surface area contributed by atoms with Gasteiger partial charge < -0.3 is 5.32 Å². The normalized spacial score (nSPS) is 17.1. The van der Waals surface area contributed by atoms with Gasteiger partial charge in [0, 0.05) is 30.6 Å². The van der Waals surface area contributed by atoms with E-state index in [9.17, 15) is 0 Å². The molecule has 1 saturated carbocycles. The number of thioether (sulfide) groups is 1. The zero-order valence-corrected chi connectivity index (χ0v) is 13.8. The van der Waals surface area contributed by atoms with Gasteiger partial charge in [-0.05, 0) is 45.2 Å². The maximum absolute atomic E-state index is 4.72. The SMILES string of the molecule is CSCCC(C)N(C)Cc1csc(CNC2CC2)n1. The van der Waals surface area contributed by atoms with Crippen molar-refractivity contribution in [1.82, 2.24) is 15.2 Å². The van der Waals surface area contributed by atoms with Gasteiger partial charge in [-0.2, -0.15) is 11.8 Å². The van der Waals surface area contributed by atoms with E-state index in [1.807, 2.05) is 11.8 Å². The lowest BCUT2D eigenvalue weighted by molar-refractivity contribution is 0.242. The highest BCUT2D eigenvalue weighted by molar-refractivity contribution is 7.98. The summed E-state index contributed by atoms with van der Waals surface area (Å²) < 4.78 is 0. The largest absolute Gasteiger partial charge is 0.308 e. The Morgan fingerprint density at radius 1 is 1.58 bits per heavy atom. The summed E-state index contributed by atoms with van der Waals surface area (Å²) in [6.45, 7) is 4.22. The van der Waals surface area contributed by atoms with Crippen LogP contribution in [0.5, 0.6) is 0 Å². The summed E-state index contributed by atoms with van der Waals surface area (Å²) >= 11 is 3.71. The topological polar surface area (TPSA) is 28.2 Å². The van der Waals surface area contributed by atoms with Crippen LogP contribution in [0.4, 0.5) is 0 Å². The predicted octanol–water partition coefficient (Wildman–Crippen LogP) is 2.97. The lowest BCUT2D eigenvalue weighted by Crippen LogP contribution is -2.29. The molecule has 0 amide bonds. The number of thiazole rings is 1. The molecular weight excluding hydrogens is 274 g/mol. The summed E-state index contributed by atoms with van der Waals surface area (Å²) in [5.74, 6) is 1.24. The number of nitrogens with zero attached hydrogens (tertiary/aromatic N) is 2. The first-order valence-electron chi connectivity index (χ1n) is 7.05. The average Bonchev–Trinajstić information content (AvgIpc) is 3.13. The Kier molecular flexibility index (Phi) is 6.13. The molecule has 0 aromatic carbocycles. The first kappa shape index (κ1) is 15.3. The van der Waals surface area contributed by atoms with Crippen LogP contribution in [0.3, 0.4) is 0 Å². The number of rotatable bonds is 9. The highest BCUT2D eigenvalue weighted by atomic mass is 32.2. The number of hydrogen-bond acceptors (Lipinski definition) is 5. The van der Waals surface area contributed by atoms with Gasteiger partial charge in [-0.15, -0.1) is 11.3 Å². The molecule has 1 aliphatic carbocycles. The minimum atomic E-state index is 0.627. The van der Waals surface area contributed by atoms with E-state index in [1.165, 1.54) is 35.7 Å². The first-order valence-corrected chi connectivity index (χ1v) is 9.32. The van der Waals surface area contributed by atoms with Crippen molar-refractivity contribution in [3.05, 3.63) is 16.1 Å². The maximum atomic E-state index is 4.72. The van der Waals surface area contributed by atoms with Crippen molar-refractivity contribution >= 4 is 23.1 Å². The van der Waals surface area contributed by atoms with Crippen molar-refractivity contribution in [1.29, 1.82) is 0 Å². The molecule has 108 valence electrons. The molecule has 0 saturated heterocycles. The molecule has 19 heavy (non-hydrogen) atoms. The van der Waals surface area contributed by atoms with E-state index in [-0.39, 0.29) is 0 Å². The second-order valence-corrected chi connectivity index (χ2v) is 7.36. The van der Waals surface area contributed by atoms with Crippen molar-refractivity contribution in [3.63, 3.8) is 0 Å². The Balaban J connectivity index is 1.74. The maximum Gasteiger partial charge on any atom is 0.107 e. The van der Waals surface area contributed by atoms with Crippen LogP contribution in [0.15, 0.2) is 5.38 Å². The van der Waals surface area contributed by atoms with Crippen LogP contribution in [0.1, 0.15) is 36.9 Å². The van der Waals surface area contributed by atoms with Gasteiger partial charge in [-0.1, -0.05) is 0 Å². The van der Waals surface area contributed by atoms with Crippen LogP contribution in [0.25, 0.3) is 0 Å². The summed E-state index contributed by atoms with van der Waals surface area (Å²) in [7, 11) is 2.20. The molecule has 1 aromatic rings. The Labute approximate surface area is 125 Å². The molecule has 0 aliphatic heterocycles. The Bertz CT molecular complexity index is 377. The van der Waals surface area contributed by atoms with Crippen LogP contribution < -0.4 is 5.32 Å². The molecule has 1 unspecified atom stereocenters. The first-order chi connectivity index (χ1) is 9.19. The van der Waals surface area contributed by atoms with E-state index < -0.39 is 0 Å². The van der Waals surface area contributed by atoms with Crippen molar-refractivity contribution in [2.45, 2.75) is 51.4 Å². The Hall–Kier alpha value is -0.100. The van der Waals surface area contributed by atoms with Gasteiger partial charge in [-0.3, -0.25) is 4.90 Å². The van der Waals surface area contributed by atoms with E-state index >= 15 is 0 Å². The molecule has 3 nitrogen and oxygen atoms in total. The van der Waals surface area contributed by atoms with Crippen molar-refractivity contribution in [2.24, 2.45) is 0 Å². The van der Waals surface area contributed by atoms with Gasteiger partial charge in [0.1, 0.15) is 5.01 Å². The second kappa shape index (κ2) is 7.62. The Morgan fingerprint density at radius 3 is 3.05 bits per heavy atom. The van der Waals surface area contributed by atoms with Gasteiger partial charge in [-0.25, -0.2) is 4.98 Å². The number of hydrogen-bond donors (Lipinski definition) is 1. The molecule has 5 heteroatoms. The minimum Gasteiger partial charge on any atom is -0.308 e. The molecule has 0 radical (unpaired) electrons. The third-order valence-corrected chi connectivity index (χ3v) is 5.16. The third kappa shape index (κ3) is 5.42. The zero-order chi connectivity index (χ0) is 13.7. The van der Waals surface area contributed by atoms with Gasteiger partial charge in [0.05, 0.1) is 5.69 Å². The summed E-state index contributed by atoms with van der Waals surface area (Å²) in [6.07, 6.45) is 6.10. The average molecular weight is 300 g/mol. The monoisotopic (exact) mass is 299 g/mol. The smallest absolute Gasteiger partial charge is 0.107 e. The highest BCUT2D eigenvalue weighted by Crippen LogP contribution is 2.20. The molecule has 1 aromatic heterocycles. The minimum absolute atomic E-state index is 0.627. The van der Waals surface area contributed by atoms with Gasteiger partial charge in [0.2, 0.25) is 0 Å². The summed E-state index contributed by atoms with van der Waals surface area (Å²) in [6, 6.07) is 1.39. The van der Waals surface area contributed by atoms with Gasteiger partial charge in [0.25, 0.3) is 0 Å². The predicted molar refractivity (Wildman–Crippen MR) is 85.9 cm³/mol. The standard InChI is InChI=1S/C14H25N3S2/c1-11(6-7-18-3)17(2)9-13-10-19-14(16-13)8-15-12-4-5-12/h10-12,15H,4-9H2,1-3H3. The summed E-state index contributed by atoms with van der Waals surface area (Å²) in [5.41, 5.74) is 1.22. The molecular formula is C14H25N3S2. The molecule has 1 N–H and O–H groups in total. The summed E-state index contributed by atoms with van der Waals surface area (Å²) in [5, 5.41) is 6.96. The molecule has 0 bridgehead atoms.